The van der Waals surface area contributed by atoms with Crippen LogP contribution in [0.1, 0.15) is 27.7 Å². The second-order valence-electron chi connectivity index (χ2n) is 5.74. The fraction of sp³-hybridized carbons (Fsp3) is 0.692. The Hall–Kier alpha value is -1.03. The summed E-state index contributed by atoms with van der Waals surface area (Å²) in [5.41, 5.74) is -0.0219. The van der Waals surface area contributed by atoms with Crippen LogP contribution < -0.4 is 5.32 Å². The van der Waals surface area contributed by atoms with Gasteiger partial charge in [-0.15, -0.1) is 11.6 Å². The van der Waals surface area contributed by atoms with Gasteiger partial charge in [0.2, 0.25) is 5.91 Å². The second-order valence-corrected chi connectivity index (χ2v) is 6.05. The molecule has 2 unspecified atom stereocenters. The molecule has 0 saturated carbocycles. The van der Waals surface area contributed by atoms with Crippen LogP contribution in [0.15, 0.2) is 18.7 Å². The van der Waals surface area contributed by atoms with Crippen molar-refractivity contribution < 1.29 is 4.79 Å². The van der Waals surface area contributed by atoms with Crippen LogP contribution in [0.2, 0.25) is 0 Å². The smallest absolute Gasteiger partial charge is 0.224 e. The summed E-state index contributed by atoms with van der Waals surface area (Å²) in [5.74, 6) is 0.178. The van der Waals surface area contributed by atoms with Crippen LogP contribution in [0.25, 0.3) is 0 Å². The van der Waals surface area contributed by atoms with Crippen LogP contribution >= 0.6 is 11.6 Å². The number of imidazole rings is 1. The Balaban J connectivity index is 2.71. The molecule has 1 heterocycles. The Morgan fingerprint density at radius 1 is 1.50 bits per heavy atom. The minimum atomic E-state index is -0.167. The monoisotopic (exact) mass is 271 g/mol. The van der Waals surface area contributed by atoms with Gasteiger partial charge in [0, 0.05) is 30.7 Å². The van der Waals surface area contributed by atoms with Crippen molar-refractivity contribution in [1.29, 1.82) is 0 Å². The Labute approximate surface area is 114 Å². The predicted octanol–water partition coefficient (Wildman–Crippen LogP) is 2.29. The van der Waals surface area contributed by atoms with E-state index in [9.17, 15) is 4.79 Å². The fourth-order valence-electron chi connectivity index (χ4n) is 1.53. The van der Waals surface area contributed by atoms with Crippen molar-refractivity contribution in [3.05, 3.63) is 18.7 Å². The van der Waals surface area contributed by atoms with E-state index in [1.165, 1.54) is 0 Å². The van der Waals surface area contributed by atoms with Gasteiger partial charge in [-0.25, -0.2) is 4.98 Å². The van der Waals surface area contributed by atoms with Crippen LogP contribution in [-0.4, -0.2) is 27.4 Å². The third-order valence-corrected chi connectivity index (χ3v) is 3.46. The topological polar surface area (TPSA) is 46.9 Å². The summed E-state index contributed by atoms with van der Waals surface area (Å²) >= 11 is 5.71. The van der Waals surface area contributed by atoms with Crippen molar-refractivity contribution in [3.8, 4) is 0 Å². The lowest BCUT2D eigenvalue weighted by Gasteiger charge is -2.32. The summed E-state index contributed by atoms with van der Waals surface area (Å²) in [5, 5.41) is 3.07. The Kier molecular flexibility index (Phi) is 5.20. The van der Waals surface area contributed by atoms with Crippen molar-refractivity contribution >= 4 is 17.5 Å². The van der Waals surface area contributed by atoms with E-state index in [1.807, 2.05) is 17.7 Å². The molecule has 18 heavy (non-hydrogen) atoms. The molecule has 0 bridgehead atoms. The number of hydrogen-bond donors (Lipinski definition) is 1. The molecule has 0 radical (unpaired) electrons. The molecule has 5 heteroatoms. The van der Waals surface area contributed by atoms with E-state index < -0.39 is 0 Å². The van der Waals surface area contributed by atoms with Gasteiger partial charge in [-0.1, -0.05) is 27.7 Å². The largest absolute Gasteiger partial charge is 0.351 e. The number of nitrogens with one attached hydrogen (secondary N) is 1. The lowest BCUT2D eigenvalue weighted by atomic mass is 9.86. The third kappa shape index (κ3) is 4.33. The number of carbonyl (C=O) groups is 1. The highest BCUT2D eigenvalue weighted by Crippen LogP contribution is 2.21. The van der Waals surface area contributed by atoms with Crippen molar-refractivity contribution in [2.45, 2.75) is 40.3 Å². The highest BCUT2D eigenvalue weighted by Gasteiger charge is 2.27. The van der Waals surface area contributed by atoms with Gasteiger partial charge in [-0.2, -0.15) is 0 Å². The predicted molar refractivity (Wildman–Crippen MR) is 73.5 cm³/mol. The highest BCUT2D eigenvalue weighted by atomic mass is 35.5. The van der Waals surface area contributed by atoms with Gasteiger partial charge < -0.3 is 9.88 Å². The molecule has 1 N–H and O–H groups in total. The zero-order chi connectivity index (χ0) is 13.8. The van der Waals surface area contributed by atoms with Gasteiger partial charge in [0.25, 0.3) is 0 Å². The van der Waals surface area contributed by atoms with Crippen LogP contribution in [0.4, 0.5) is 0 Å². The lowest BCUT2D eigenvalue weighted by Crippen LogP contribution is -2.48. The first-order valence-electron chi connectivity index (χ1n) is 6.16. The Morgan fingerprint density at radius 3 is 2.61 bits per heavy atom. The number of hydrogen-bond acceptors (Lipinski definition) is 2. The summed E-state index contributed by atoms with van der Waals surface area (Å²) in [6.07, 6.45) is 5.40. The number of alkyl halides is 1. The SMILES string of the molecule is CC(CCl)C(=O)NC(Cn1ccnc1)C(C)(C)C. The molecule has 0 aliphatic carbocycles. The van der Waals surface area contributed by atoms with E-state index in [-0.39, 0.29) is 23.3 Å². The molecule has 0 aliphatic rings. The number of carbonyl (C=O) groups excluding carboxylic acids is 1. The Morgan fingerprint density at radius 2 is 2.17 bits per heavy atom. The van der Waals surface area contributed by atoms with Gasteiger partial charge in [0.15, 0.2) is 0 Å². The molecule has 0 spiro atoms. The van der Waals surface area contributed by atoms with Crippen LogP contribution in [0, 0.1) is 11.3 Å². The number of rotatable bonds is 5. The first-order valence-corrected chi connectivity index (χ1v) is 6.70. The molecule has 0 aromatic carbocycles. The van der Waals surface area contributed by atoms with Crippen LogP contribution in [0.3, 0.4) is 0 Å². The second kappa shape index (κ2) is 6.23. The Bertz CT molecular complexity index is 370. The molecule has 2 atom stereocenters. The number of nitrogens with zero attached hydrogens (tertiary/aromatic N) is 2. The zero-order valence-electron chi connectivity index (χ0n) is 11.5. The van der Waals surface area contributed by atoms with E-state index >= 15 is 0 Å². The molecular weight excluding hydrogens is 250 g/mol. The van der Waals surface area contributed by atoms with E-state index in [2.05, 4.69) is 31.1 Å². The van der Waals surface area contributed by atoms with E-state index in [0.29, 0.717) is 12.4 Å². The van der Waals surface area contributed by atoms with Gasteiger partial charge >= 0.3 is 0 Å². The number of halogens is 1. The third-order valence-electron chi connectivity index (χ3n) is 2.99. The van der Waals surface area contributed by atoms with Gasteiger partial charge in [0.1, 0.15) is 0 Å². The minimum absolute atomic E-state index is 0.00467. The summed E-state index contributed by atoms with van der Waals surface area (Å²) in [6.45, 7) is 8.88. The standard InChI is InChI=1S/C13H22ClN3O/c1-10(7-14)12(18)16-11(13(2,3)4)8-17-6-5-15-9-17/h5-6,9-11H,7-8H2,1-4H3,(H,16,18). The summed E-state index contributed by atoms with van der Waals surface area (Å²) in [4.78, 5) is 16.0. The van der Waals surface area contributed by atoms with Crippen LogP contribution in [-0.2, 0) is 11.3 Å². The van der Waals surface area contributed by atoms with Crippen molar-refractivity contribution in [3.63, 3.8) is 0 Å². The lowest BCUT2D eigenvalue weighted by molar-refractivity contribution is -0.125. The molecule has 0 aliphatic heterocycles. The summed E-state index contributed by atoms with van der Waals surface area (Å²) < 4.78 is 1.97. The number of aromatic nitrogens is 2. The summed E-state index contributed by atoms with van der Waals surface area (Å²) in [6, 6.07) is 0.0462. The average molecular weight is 272 g/mol. The highest BCUT2D eigenvalue weighted by molar-refractivity contribution is 6.19. The molecule has 1 aromatic rings. The van der Waals surface area contributed by atoms with E-state index in [1.54, 1.807) is 12.5 Å². The van der Waals surface area contributed by atoms with Crippen molar-refractivity contribution in [2.24, 2.45) is 11.3 Å². The maximum Gasteiger partial charge on any atom is 0.224 e. The molecular formula is C13H22ClN3O. The van der Waals surface area contributed by atoms with Gasteiger partial charge in [-0.3, -0.25) is 4.79 Å². The summed E-state index contributed by atoms with van der Waals surface area (Å²) in [7, 11) is 0. The minimum Gasteiger partial charge on any atom is -0.351 e. The van der Waals surface area contributed by atoms with E-state index in [0.717, 1.165) is 0 Å². The molecule has 0 fully saturated rings. The fourth-order valence-corrected chi connectivity index (χ4v) is 1.67. The van der Waals surface area contributed by atoms with Crippen molar-refractivity contribution in [1.82, 2.24) is 14.9 Å². The first-order chi connectivity index (χ1) is 8.34. The van der Waals surface area contributed by atoms with Crippen LogP contribution in [0.5, 0.6) is 0 Å². The average Bonchev–Trinajstić information content (AvgIpc) is 2.78. The molecule has 0 saturated heterocycles. The van der Waals surface area contributed by atoms with Gasteiger partial charge in [-0.05, 0) is 5.41 Å². The van der Waals surface area contributed by atoms with Crippen molar-refractivity contribution in [2.75, 3.05) is 5.88 Å². The maximum atomic E-state index is 11.9. The molecule has 1 amide bonds. The first kappa shape index (κ1) is 15.0. The van der Waals surface area contributed by atoms with Gasteiger partial charge in [0.05, 0.1) is 12.4 Å². The maximum absolute atomic E-state index is 11.9. The molecule has 4 nitrogen and oxygen atoms in total. The molecule has 1 rings (SSSR count). The normalized spacial score (nSPS) is 15.2. The quantitative estimate of drug-likeness (QED) is 0.836. The molecule has 102 valence electrons. The number of amides is 1. The van der Waals surface area contributed by atoms with E-state index in [4.69, 9.17) is 11.6 Å². The molecule has 1 aromatic heterocycles. The zero-order valence-corrected chi connectivity index (χ0v) is 12.2.